The lowest BCUT2D eigenvalue weighted by Crippen LogP contribution is -1.99. The Kier molecular flexibility index (Phi) is 4.60. The summed E-state index contributed by atoms with van der Waals surface area (Å²) in [6.45, 7) is 1.72. The van der Waals surface area contributed by atoms with E-state index in [9.17, 15) is 4.39 Å². The van der Waals surface area contributed by atoms with Crippen LogP contribution in [0.1, 0.15) is 18.9 Å². The molecular formula is C11H14FNO2. The van der Waals surface area contributed by atoms with Gasteiger partial charge in [-0.3, -0.25) is 4.39 Å². The Bertz CT molecular complexity index is 322. The average molecular weight is 211 g/mol. The first kappa shape index (κ1) is 11.5. The maximum atomic E-state index is 11.8. The molecule has 0 saturated heterocycles. The molecule has 0 aliphatic carbocycles. The van der Waals surface area contributed by atoms with Crippen molar-refractivity contribution in [2.24, 2.45) is 5.16 Å². The molecule has 4 heteroatoms. The van der Waals surface area contributed by atoms with Crippen LogP contribution in [0.2, 0.25) is 0 Å². The van der Waals surface area contributed by atoms with Crippen molar-refractivity contribution in [1.82, 2.24) is 0 Å². The van der Waals surface area contributed by atoms with Crippen molar-refractivity contribution in [3.63, 3.8) is 0 Å². The van der Waals surface area contributed by atoms with E-state index in [4.69, 9.17) is 9.94 Å². The number of alkyl halides is 1. The van der Waals surface area contributed by atoms with E-state index in [1.165, 1.54) is 0 Å². The minimum atomic E-state index is -0.367. The first-order chi connectivity index (χ1) is 7.27. The molecule has 15 heavy (non-hydrogen) atoms. The van der Waals surface area contributed by atoms with Crippen LogP contribution < -0.4 is 4.74 Å². The third-order valence-electron chi connectivity index (χ3n) is 1.97. The lowest BCUT2D eigenvalue weighted by molar-refractivity contribution is 0.289. The Morgan fingerprint density at radius 3 is 2.60 bits per heavy atom. The highest BCUT2D eigenvalue weighted by molar-refractivity contribution is 5.98. The first-order valence-corrected chi connectivity index (χ1v) is 4.76. The van der Waals surface area contributed by atoms with Crippen molar-refractivity contribution in [2.45, 2.75) is 13.3 Å². The van der Waals surface area contributed by atoms with Crippen LogP contribution in [0.4, 0.5) is 4.39 Å². The van der Waals surface area contributed by atoms with Gasteiger partial charge in [-0.2, -0.15) is 0 Å². The predicted octanol–water partition coefficient (Wildman–Crippen LogP) is 2.62. The molecule has 0 amide bonds. The SMILES string of the molecule is C/C(=N/O)c1ccc(OCCCF)cc1. The molecule has 0 radical (unpaired) electrons. The van der Waals surface area contributed by atoms with E-state index in [0.29, 0.717) is 24.5 Å². The molecule has 0 aliphatic rings. The number of ether oxygens (including phenoxy) is 1. The second-order valence-corrected chi connectivity index (χ2v) is 3.10. The highest BCUT2D eigenvalue weighted by atomic mass is 19.1. The van der Waals surface area contributed by atoms with Crippen LogP contribution in [0.25, 0.3) is 0 Å². The summed E-state index contributed by atoms with van der Waals surface area (Å²) in [6.07, 6.45) is 0.402. The lowest BCUT2D eigenvalue weighted by Gasteiger charge is -2.05. The number of hydrogen-bond donors (Lipinski definition) is 1. The molecular weight excluding hydrogens is 197 g/mol. The van der Waals surface area contributed by atoms with Crippen molar-refractivity contribution in [2.75, 3.05) is 13.3 Å². The Morgan fingerprint density at radius 1 is 1.40 bits per heavy atom. The summed E-state index contributed by atoms with van der Waals surface area (Å²) in [5, 5.41) is 11.6. The molecule has 1 rings (SSSR count). The van der Waals surface area contributed by atoms with E-state index in [2.05, 4.69) is 5.16 Å². The molecule has 0 aliphatic heterocycles. The summed E-state index contributed by atoms with van der Waals surface area (Å²) in [4.78, 5) is 0. The third kappa shape index (κ3) is 3.58. The zero-order valence-electron chi connectivity index (χ0n) is 8.61. The summed E-state index contributed by atoms with van der Waals surface area (Å²) < 4.78 is 17.1. The molecule has 0 spiro atoms. The normalized spacial score (nSPS) is 11.5. The molecule has 3 nitrogen and oxygen atoms in total. The molecule has 0 unspecified atom stereocenters. The Hall–Kier alpha value is -1.58. The van der Waals surface area contributed by atoms with Crippen LogP contribution in [0, 0.1) is 0 Å². The van der Waals surface area contributed by atoms with Gasteiger partial charge >= 0.3 is 0 Å². The smallest absolute Gasteiger partial charge is 0.119 e. The van der Waals surface area contributed by atoms with Crippen molar-refractivity contribution < 1.29 is 14.3 Å². The van der Waals surface area contributed by atoms with Gasteiger partial charge < -0.3 is 9.94 Å². The minimum Gasteiger partial charge on any atom is -0.493 e. The fourth-order valence-electron chi connectivity index (χ4n) is 1.09. The van der Waals surface area contributed by atoms with E-state index in [1.807, 2.05) is 0 Å². The Labute approximate surface area is 88.2 Å². The number of hydrogen-bond acceptors (Lipinski definition) is 3. The topological polar surface area (TPSA) is 41.8 Å². The highest BCUT2D eigenvalue weighted by Gasteiger charge is 1.98. The first-order valence-electron chi connectivity index (χ1n) is 4.76. The number of nitrogens with zero attached hydrogens (tertiary/aromatic N) is 1. The molecule has 82 valence electrons. The van der Waals surface area contributed by atoms with Crippen molar-refractivity contribution >= 4 is 5.71 Å². The van der Waals surface area contributed by atoms with Crippen LogP contribution in [-0.2, 0) is 0 Å². The zero-order valence-corrected chi connectivity index (χ0v) is 8.61. The summed E-state index contributed by atoms with van der Waals surface area (Å²) >= 11 is 0. The van der Waals surface area contributed by atoms with Crippen LogP contribution >= 0.6 is 0 Å². The Balaban J connectivity index is 2.56. The van der Waals surface area contributed by atoms with Gasteiger partial charge in [-0.15, -0.1) is 0 Å². The van der Waals surface area contributed by atoms with Gasteiger partial charge in [0.1, 0.15) is 5.75 Å². The van der Waals surface area contributed by atoms with Gasteiger partial charge in [-0.05, 0) is 36.8 Å². The molecule has 1 aromatic rings. The van der Waals surface area contributed by atoms with E-state index < -0.39 is 0 Å². The largest absolute Gasteiger partial charge is 0.493 e. The van der Waals surface area contributed by atoms with E-state index >= 15 is 0 Å². The fraction of sp³-hybridized carbons (Fsp3) is 0.364. The molecule has 0 heterocycles. The second-order valence-electron chi connectivity index (χ2n) is 3.10. The second kappa shape index (κ2) is 6.01. The molecule has 0 fully saturated rings. The summed E-state index contributed by atoms with van der Waals surface area (Å²) in [5.41, 5.74) is 1.38. The summed E-state index contributed by atoms with van der Waals surface area (Å²) in [7, 11) is 0. The van der Waals surface area contributed by atoms with Gasteiger partial charge in [0, 0.05) is 6.42 Å². The number of oxime groups is 1. The monoisotopic (exact) mass is 211 g/mol. The third-order valence-corrected chi connectivity index (χ3v) is 1.97. The van der Waals surface area contributed by atoms with Gasteiger partial charge in [-0.1, -0.05) is 5.16 Å². The lowest BCUT2D eigenvalue weighted by atomic mass is 10.1. The zero-order chi connectivity index (χ0) is 11.1. The van der Waals surface area contributed by atoms with Gasteiger partial charge in [0.25, 0.3) is 0 Å². The van der Waals surface area contributed by atoms with Gasteiger partial charge in [-0.25, -0.2) is 0 Å². The van der Waals surface area contributed by atoms with Crippen LogP contribution in [0.5, 0.6) is 5.75 Å². The van der Waals surface area contributed by atoms with E-state index in [1.54, 1.807) is 31.2 Å². The fourth-order valence-corrected chi connectivity index (χ4v) is 1.09. The summed E-state index contributed by atoms with van der Waals surface area (Å²) in [5.74, 6) is 0.693. The maximum Gasteiger partial charge on any atom is 0.119 e. The van der Waals surface area contributed by atoms with Crippen LogP contribution in [-0.4, -0.2) is 24.2 Å². The van der Waals surface area contributed by atoms with E-state index in [-0.39, 0.29) is 6.67 Å². The minimum absolute atomic E-state index is 0.367. The molecule has 0 saturated carbocycles. The molecule has 0 bridgehead atoms. The van der Waals surface area contributed by atoms with Crippen LogP contribution in [0.15, 0.2) is 29.4 Å². The van der Waals surface area contributed by atoms with Gasteiger partial charge in [0.2, 0.25) is 0 Å². The van der Waals surface area contributed by atoms with Gasteiger partial charge in [0.05, 0.1) is 19.0 Å². The van der Waals surface area contributed by atoms with Crippen molar-refractivity contribution in [3.05, 3.63) is 29.8 Å². The quantitative estimate of drug-likeness (QED) is 0.352. The number of benzene rings is 1. The van der Waals surface area contributed by atoms with E-state index in [0.717, 1.165) is 5.56 Å². The van der Waals surface area contributed by atoms with Crippen LogP contribution in [0.3, 0.4) is 0 Å². The standard InChI is InChI=1S/C11H14FNO2/c1-9(13-14)10-3-5-11(6-4-10)15-8-2-7-12/h3-6,14H,2,7-8H2,1H3/b13-9-. The predicted molar refractivity (Wildman–Crippen MR) is 56.5 cm³/mol. The number of halogens is 1. The molecule has 0 aromatic heterocycles. The molecule has 0 atom stereocenters. The number of rotatable bonds is 5. The van der Waals surface area contributed by atoms with Gasteiger partial charge in [0.15, 0.2) is 0 Å². The molecule has 1 aromatic carbocycles. The van der Waals surface area contributed by atoms with Crippen molar-refractivity contribution in [1.29, 1.82) is 0 Å². The Morgan fingerprint density at radius 2 is 2.07 bits per heavy atom. The average Bonchev–Trinajstić information content (AvgIpc) is 2.29. The summed E-state index contributed by atoms with van der Waals surface area (Å²) in [6, 6.07) is 7.12. The van der Waals surface area contributed by atoms with Crippen molar-refractivity contribution in [3.8, 4) is 5.75 Å². The maximum absolute atomic E-state index is 11.8. The molecule has 1 N–H and O–H groups in total. The highest BCUT2D eigenvalue weighted by Crippen LogP contribution is 2.13.